The fourth-order valence-corrected chi connectivity index (χ4v) is 5.77. The molecule has 0 aromatic rings. The first-order valence-corrected chi connectivity index (χ1v) is 14.7. The number of carbonyl (C=O) groups is 6. The second-order valence-electron chi connectivity index (χ2n) is 10.1. The average molecular weight is 603 g/mol. The molecule has 224 valence electrons. The number of nitrogens with one attached hydrogen (secondary N) is 4. The summed E-state index contributed by atoms with van der Waals surface area (Å²) in [7, 11) is 0. The topological polar surface area (TPSA) is 197 Å². The number of aliphatic hydroxyl groups excluding tert-OH is 1. The van der Waals surface area contributed by atoms with Crippen molar-refractivity contribution in [2.75, 3.05) is 37.7 Å². The van der Waals surface area contributed by atoms with E-state index >= 15 is 0 Å². The van der Waals surface area contributed by atoms with Gasteiger partial charge in [-0.1, -0.05) is 0 Å². The van der Waals surface area contributed by atoms with E-state index in [1.54, 1.807) is 4.90 Å². The monoisotopic (exact) mass is 602 g/mol. The highest BCUT2D eigenvalue weighted by atomic mass is 32.1. The van der Waals surface area contributed by atoms with E-state index in [1.807, 2.05) is 0 Å². The van der Waals surface area contributed by atoms with Crippen molar-refractivity contribution in [1.82, 2.24) is 31.1 Å². The molecule has 0 saturated carbocycles. The number of likely N-dealkylation sites (tertiary alicyclic amines) is 2. The molecule has 0 spiro atoms. The molecule has 6 atom stereocenters. The zero-order chi connectivity index (χ0) is 29.4. The molecule has 3 aliphatic rings. The SMILES string of the molecule is O=C(O)[C@H](CS)NC(=O)[C@H](CO)NC(=O)[C@@H]1CCCN1C(=O)[C@H](CS)NC(=O)[C@@H]1CCCN1C(=O)[C@@H]1CCCN1. The molecule has 3 rings (SSSR count). The Hall–Kier alpha value is -2.56. The standard InChI is InChI=1S/C24H38N6O8S2/c31-10-14(19(32)28-16(12-40)24(37)38)26-20(33)17-5-3-9-30(17)23(36)15(11-39)27-21(34)18-6-2-8-29(18)22(35)13-4-1-7-25-13/h13-18,25,31,39-40H,1-12H2,(H,26,33)(H,27,34)(H,28,32)(H,37,38)/t13-,14-,15-,16-,17-,18-/m0/s1. The lowest BCUT2D eigenvalue weighted by Crippen LogP contribution is -2.59. The van der Waals surface area contributed by atoms with Crippen LogP contribution in [0.5, 0.6) is 0 Å². The summed E-state index contributed by atoms with van der Waals surface area (Å²) in [6, 6.07) is -5.77. The van der Waals surface area contributed by atoms with E-state index in [4.69, 9.17) is 5.11 Å². The number of thiol groups is 2. The van der Waals surface area contributed by atoms with E-state index in [1.165, 1.54) is 4.90 Å². The summed E-state index contributed by atoms with van der Waals surface area (Å²) in [5, 5.41) is 29.2. The summed E-state index contributed by atoms with van der Waals surface area (Å²) in [6.45, 7) is 0.655. The van der Waals surface area contributed by atoms with Crippen LogP contribution in [-0.2, 0) is 28.8 Å². The van der Waals surface area contributed by atoms with Crippen LogP contribution in [0, 0.1) is 0 Å². The van der Waals surface area contributed by atoms with E-state index in [0.717, 1.165) is 13.0 Å². The molecule has 5 amide bonds. The van der Waals surface area contributed by atoms with Crippen LogP contribution in [0.15, 0.2) is 0 Å². The summed E-state index contributed by atoms with van der Waals surface area (Å²) < 4.78 is 0. The Balaban J connectivity index is 1.61. The molecular formula is C24H38N6O8S2. The Bertz CT molecular complexity index is 981. The van der Waals surface area contributed by atoms with Gasteiger partial charge in [0.15, 0.2) is 0 Å². The number of aliphatic carboxylic acids is 1. The highest BCUT2D eigenvalue weighted by molar-refractivity contribution is 7.80. The van der Waals surface area contributed by atoms with Crippen molar-refractivity contribution in [3.63, 3.8) is 0 Å². The summed E-state index contributed by atoms with van der Waals surface area (Å²) in [5.41, 5.74) is 0. The predicted molar refractivity (Wildman–Crippen MR) is 149 cm³/mol. The van der Waals surface area contributed by atoms with Crippen LogP contribution in [0.1, 0.15) is 38.5 Å². The predicted octanol–water partition coefficient (Wildman–Crippen LogP) is -2.89. The van der Waals surface area contributed by atoms with Gasteiger partial charge >= 0.3 is 5.97 Å². The Labute approximate surface area is 243 Å². The van der Waals surface area contributed by atoms with Crippen molar-refractivity contribution in [2.24, 2.45) is 0 Å². The number of carboxylic acid groups (broad SMARTS) is 1. The summed E-state index contributed by atoms with van der Waals surface area (Å²) >= 11 is 8.11. The number of hydrogen-bond donors (Lipinski definition) is 8. The first-order valence-electron chi connectivity index (χ1n) is 13.4. The van der Waals surface area contributed by atoms with E-state index in [2.05, 4.69) is 46.5 Å². The maximum Gasteiger partial charge on any atom is 0.327 e. The third-order valence-corrected chi connectivity index (χ3v) is 8.18. The smallest absolute Gasteiger partial charge is 0.327 e. The molecule has 3 aliphatic heterocycles. The van der Waals surface area contributed by atoms with Gasteiger partial charge < -0.3 is 41.3 Å². The Morgan fingerprint density at radius 2 is 1.38 bits per heavy atom. The molecule has 14 nitrogen and oxygen atoms in total. The zero-order valence-electron chi connectivity index (χ0n) is 22.1. The van der Waals surface area contributed by atoms with Gasteiger partial charge in [0.05, 0.1) is 12.6 Å². The second kappa shape index (κ2) is 14.9. The molecule has 0 bridgehead atoms. The van der Waals surface area contributed by atoms with E-state index < -0.39 is 66.4 Å². The fraction of sp³-hybridized carbons (Fsp3) is 0.750. The van der Waals surface area contributed by atoms with Crippen LogP contribution in [0.3, 0.4) is 0 Å². The van der Waals surface area contributed by atoms with Crippen LogP contribution in [0.25, 0.3) is 0 Å². The first kappa shape index (κ1) is 32.0. The number of carboxylic acids is 1. The molecule has 0 aliphatic carbocycles. The van der Waals surface area contributed by atoms with Gasteiger partial charge in [0.1, 0.15) is 30.2 Å². The number of carbonyl (C=O) groups excluding carboxylic acids is 5. The molecule has 3 fully saturated rings. The minimum Gasteiger partial charge on any atom is -0.480 e. The summed E-state index contributed by atoms with van der Waals surface area (Å²) in [5.74, 6) is -4.26. The molecule has 0 unspecified atom stereocenters. The van der Waals surface area contributed by atoms with Crippen molar-refractivity contribution in [3.8, 4) is 0 Å². The maximum atomic E-state index is 13.4. The van der Waals surface area contributed by atoms with Gasteiger partial charge in [-0.15, -0.1) is 0 Å². The molecule has 0 aromatic carbocycles. The highest BCUT2D eigenvalue weighted by Crippen LogP contribution is 2.22. The second-order valence-corrected chi connectivity index (χ2v) is 10.8. The number of rotatable bonds is 12. The van der Waals surface area contributed by atoms with Gasteiger partial charge in [-0.2, -0.15) is 25.3 Å². The van der Waals surface area contributed by atoms with Gasteiger partial charge in [0, 0.05) is 24.6 Å². The molecule has 40 heavy (non-hydrogen) atoms. The Morgan fingerprint density at radius 1 is 0.800 bits per heavy atom. The number of nitrogens with zero attached hydrogens (tertiary/aromatic N) is 2. The third-order valence-electron chi connectivity index (χ3n) is 7.45. The van der Waals surface area contributed by atoms with Gasteiger partial charge in [0.2, 0.25) is 29.5 Å². The molecule has 3 saturated heterocycles. The van der Waals surface area contributed by atoms with Crippen molar-refractivity contribution in [2.45, 2.75) is 74.8 Å². The van der Waals surface area contributed by atoms with Gasteiger partial charge in [0.25, 0.3) is 0 Å². The molecular weight excluding hydrogens is 564 g/mol. The van der Waals surface area contributed by atoms with Crippen molar-refractivity contribution < 1.29 is 39.0 Å². The number of amides is 5. The van der Waals surface area contributed by atoms with Crippen molar-refractivity contribution in [3.05, 3.63) is 0 Å². The number of hydrogen-bond acceptors (Lipinski definition) is 10. The molecule has 6 N–H and O–H groups in total. The lowest BCUT2D eigenvalue weighted by atomic mass is 10.1. The van der Waals surface area contributed by atoms with E-state index in [-0.39, 0.29) is 36.4 Å². The molecule has 3 heterocycles. The highest BCUT2D eigenvalue weighted by Gasteiger charge is 2.42. The molecule has 0 aromatic heterocycles. The largest absolute Gasteiger partial charge is 0.480 e. The third kappa shape index (κ3) is 7.59. The van der Waals surface area contributed by atoms with E-state index in [9.17, 15) is 33.9 Å². The normalized spacial score (nSPS) is 24.7. The Morgan fingerprint density at radius 3 is 1.90 bits per heavy atom. The van der Waals surface area contributed by atoms with Crippen LogP contribution >= 0.6 is 25.3 Å². The lowest BCUT2D eigenvalue weighted by Gasteiger charge is -2.31. The average Bonchev–Trinajstić information content (AvgIpc) is 3.73. The fourth-order valence-electron chi connectivity index (χ4n) is 5.27. The Kier molecular flexibility index (Phi) is 11.9. The summed E-state index contributed by atoms with van der Waals surface area (Å²) in [4.78, 5) is 79.0. The van der Waals surface area contributed by atoms with Gasteiger partial charge in [-0.05, 0) is 45.1 Å². The van der Waals surface area contributed by atoms with E-state index in [0.29, 0.717) is 32.2 Å². The number of aliphatic hydroxyl groups is 1. The zero-order valence-corrected chi connectivity index (χ0v) is 23.9. The van der Waals surface area contributed by atoms with Gasteiger partial charge in [-0.3, -0.25) is 24.0 Å². The quantitative estimate of drug-likeness (QED) is 0.108. The van der Waals surface area contributed by atoms with Crippen molar-refractivity contribution >= 4 is 60.8 Å². The summed E-state index contributed by atoms with van der Waals surface area (Å²) in [6.07, 6.45) is 3.54. The maximum absolute atomic E-state index is 13.4. The van der Waals surface area contributed by atoms with Crippen LogP contribution in [0.2, 0.25) is 0 Å². The van der Waals surface area contributed by atoms with Crippen LogP contribution < -0.4 is 21.3 Å². The minimum absolute atomic E-state index is 0.0394. The first-order chi connectivity index (χ1) is 19.1. The van der Waals surface area contributed by atoms with Gasteiger partial charge in [-0.25, -0.2) is 4.79 Å². The lowest BCUT2D eigenvalue weighted by molar-refractivity contribution is -0.144. The molecule has 0 radical (unpaired) electrons. The van der Waals surface area contributed by atoms with Crippen molar-refractivity contribution in [1.29, 1.82) is 0 Å². The van der Waals surface area contributed by atoms with Crippen LogP contribution in [-0.4, -0.2) is 130 Å². The molecule has 16 heteroatoms. The minimum atomic E-state index is -1.44. The van der Waals surface area contributed by atoms with Crippen LogP contribution in [0.4, 0.5) is 0 Å².